The summed E-state index contributed by atoms with van der Waals surface area (Å²) in [5, 5.41) is 0. The van der Waals surface area contributed by atoms with Crippen LogP contribution in [0, 0.1) is 10.8 Å². The van der Waals surface area contributed by atoms with E-state index in [1.54, 1.807) is 0 Å². The fourth-order valence-electron chi connectivity index (χ4n) is 2.64. The maximum atomic E-state index is 12.5. The standard InChI is InChI=1S/C17H28O2/c1-5-16(3)11-9-7-8-10-12-17(4,6-2)15(19)13-14(16)18/h7-8H,5-6,9-13H2,1-4H3/b8-7-. The Hall–Kier alpha value is -0.920. The normalized spacial score (nSPS) is 35.8. The molecule has 2 nitrogen and oxygen atoms in total. The first-order chi connectivity index (χ1) is 8.88. The highest BCUT2D eigenvalue weighted by molar-refractivity contribution is 6.03. The minimum absolute atomic E-state index is 0.120. The Balaban J connectivity index is 2.99. The lowest BCUT2D eigenvalue weighted by Crippen LogP contribution is -2.34. The van der Waals surface area contributed by atoms with E-state index >= 15 is 0 Å². The van der Waals surface area contributed by atoms with Crippen molar-refractivity contribution in [3.8, 4) is 0 Å². The third-order valence-corrected chi connectivity index (χ3v) is 5.12. The molecule has 0 aromatic heterocycles. The summed E-state index contributed by atoms with van der Waals surface area (Å²) in [5.74, 6) is 0.268. The van der Waals surface area contributed by atoms with Crippen LogP contribution in [-0.4, -0.2) is 11.6 Å². The van der Waals surface area contributed by atoms with Crippen molar-refractivity contribution in [1.82, 2.24) is 0 Å². The smallest absolute Gasteiger partial charge is 0.146 e. The zero-order valence-electron chi connectivity index (χ0n) is 12.9. The van der Waals surface area contributed by atoms with Crippen LogP contribution in [0.25, 0.3) is 0 Å². The fraction of sp³-hybridized carbons (Fsp3) is 0.765. The minimum Gasteiger partial charge on any atom is -0.299 e. The highest BCUT2D eigenvalue weighted by Gasteiger charge is 2.37. The van der Waals surface area contributed by atoms with Crippen molar-refractivity contribution in [3.05, 3.63) is 12.2 Å². The second kappa shape index (κ2) is 6.49. The van der Waals surface area contributed by atoms with Crippen LogP contribution in [0.3, 0.4) is 0 Å². The second-order valence-electron chi connectivity index (χ2n) is 6.40. The van der Waals surface area contributed by atoms with Crippen molar-refractivity contribution in [2.45, 2.75) is 72.6 Å². The molecule has 0 saturated heterocycles. The summed E-state index contributed by atoms with van der Waals surface area (Å²) < 4.78 is 0. The van der Waals surface area contributed by atoms with Gasteiger partial charge in [-0.15, -0.1) is 0 Å². The van der Waals surface area contributed by atoms with E-state index in [1.807, 2.05) is 27.7 Å². The van der Waals surface area contributed by atoms with E-state index in [0.29, 0.717) is 0 Å². The van der Waals surface area contributed by atoms with Gasteiger partial charge in [0.05, 0.1) is 6.42 Å². The lowest BCUT2D eigenvalue weighted by atomic mass is 9.72. The number of allylic oxidation sites excluding steroid dienone is 2. The number of hydrogen-bond acceptors (Lipinski definition) is 2. The van der Waals surface area contributed by atoms with E-state index in [2.05, 4.69) is 12.2 Å². The highest BCUT2D eigenvalue weighted by atomic mass is 16.2. The molecule has 0 radical (unpaired) electrons. The lowest BCUT2D eigenvalue weighted by Gasteiger charge is -2.29. The van der Waals surface area contributed by atoms with Gasteiger partial charge in [-0.25, -0.2) is 0 Å². The van der Waals surface area contributed by atoms with Crippen molar-refractivity contribution >= 4 is 11.6 Å². The van der Waals surface area contributed by atoms with Crippen molar-refractivity contribution in [1.29, 1.82) is 0 Å². The van der Waals surface area contributed by atoms with Crippen molar-refractivity contribution < 1.29 is 9.59 Å². The Kier molecular flexibility index (Phi) is 5.51. The SMILES string of the molecule is CCC1(C)CC/C=C\CCC(C)(CC)C(=O)CC1=O. The van der Waals surface area contributed by atoms with Crippen LogP contribution in [0.15, 0.2) is 12.2 Å². The molecule has 108 valence electrons. The van der Waals surface area contributed by atoms with Crippen LogP contribution in [0.4, 0.5) is 0 Å². The molecule has 0 saturated carbocycles. The molecule has 0 N–H and O–H groups in total. The molecule has 0 amide bonds. The van der Waals surface area contributed by atoms with E-state index in [-0.39, 0.29) is 28.8 Å². The first-order valence-corrected chi connectivity index (χ1v) is 7.59. The van der Waals surface area contributed by atoms with Gasteiger partial charge >= 0.3 is 0 Å². The molecule has 1 rings (SSSR count). The molecule has 0 aliphatic heterocycles. The van der Waals surface area contributed by atoms with Gasteiger partial charge < -0.3 is 0 Å². The Morgan fingerprint density at radius 2 is 1.26 bits per heavy atom. The topological polar surface area (TPSA) is 34.1 Å². The van der Waals surface area contributed by atoms with E-state index in [0.717, 1.165) is 38.5 Å². The third-order valence-electron chi connectivity index (χ3n) is 5.12. The van der Waals surface area contributed by atoms with E-state index in [9.17, 15) is 9.59 Å². The summed E-state index contributed by atoms with van der Waals surface area (Å²) in [6.07, 6.45) is 9.69. The van der Waals surface area contributed by atoms with Gasteiger partial charge in [-0.2, -0.15) is 0 Å². The fourth-order valence-corrected chi connectivity index (χ4v) is 2.64. The van der Waals surface area contributed by atoms with Crippen LogP contribution in [0.1, 0.15) is 72.6 Å². The predicted molar refractivity (Wildman–Crippen MR) is 79.0 cm³/mol. The molecule has 19 heavy (non-hydrogen) atoms. The molecule has 2 heteroatoms. The lowest BCUT2D eigenvalue weighted by molar-refractivity contribution is -0.137. The molecule has 2 unspecified atom stereocenters. The summed E-state index contributed by atoms with van der Waals surface area (Å²) in [6, 6.07) is 0. The summed E-state index contributed by atoms with van der Waals surface area (Å²) >= 11 is 0. The first kappa shape index (κ1) is 16.1. The molecule has 0 fully saturated rings. The maximum Gasteiger partial charge on any atom is 0.146 e. The van der Waals surface area contributed by atoms with Crippen molar-refractivity contribution in [2.75, 3.05) is 0 Å². The highest BCUT2D eigenvalue weighted by Crippen LogP contribution is 2.35. The van der Waals surface area contributed by atoms with Gasteiger partial charge in [-0.05, 0) is 38.5 Å². The Labute approximate surface area is 117 Å². The molecular weight excluding hydrogens is 236 g/mol. The average molecular weight is 264 g/mol. The number of Topliss-reactive ketones (excluding diaryl/α,β-unsaturated/α-hetero) is 2. The predicted octanol–water partition coefficient (Wildman–Crippen LogP) is 4.48. The van der Waals surface area contributed by atoms with E-state index < -0.39 is 0 Å². The number of carbonyl (C=O) groups is 2. The molecule has 0 heterocycles. The third kappa shape index (κ3) is 3.77. The van der Waals surface area contributed by atoms with Gasteiger partial charge in [0.25, 0.3) is 0 Å². The van der Waals surface area contributed by atoms with E-state index in [1.165, 1.54) is 0 Å². The molecule has 0 aromatic rings. The van der Waals surface area contributed by atoms with Gasteiger partial charge in [-0.1, -0.05) is 39.8 Å². The first-order valence-electron chi connectivity index (χ1n) is 7.59. The summed E-state index contributed by atoms with van der Waals surface area (Å²) in [6.45, 7) is 8.12. The Morgan fingerprint density at radius 1 is 0.895 bits per heavy atom. The van der Waals surface area contributed by atoms with Crippen LogP contribution in [0.5, 0.6) is 0 Å². The summed E-state index contributed by atoms with van der Waals surface area (Å²) in [4.78, 5) is 24.9. The Morgan fingerprint density at radius 3 is 1.58 bits per heavy atom. The molecular formula is C17H28O2. The zero-order valence-corrected chi connectivity index (χ0v) is 12.9. The van der Waals surface area contributed by atoms with Crippen LogP contribution < -0.4 is 0 Å². The van der Waals surface area contributed by atoms with E-state index in [4.69, 9.17) is 0 Å². The molecule has 0 spiro atoms. The summed E-state index contributed by atoms with van der Waals surface area (Å²) in [7, 11) is 0. The van der Waals surface area contributed by atoms with Gasteiger partial charge in [0.2, 0.25) is 0 Å². The molecule has 0 aromatic carbocycles. The van der Waals surface area contributed by atoms with Gasteiger partial charge in [0.15, 0.2) is 0 Å². The largest absolute Gasteiger partial charge is 0.299 e. The number of carbonyl (C=O) groups excluding carboxylic acids is 2. The quantitative estimate of drug-likeness (QED) is 0.544. The van der Waals surface area contributed by atoms with Gasteiger partial charge in [0.1, 0.15) is 11.6 Å². The average Bonchev–Trinajstić information content (AvgIpc) is 2.42. The number of rotatable bonds is 2. The molecule has 2 atom stereocenters. The maximum absolute atomic E-state index is 12.5. The Bertz CT molecular complexity index is 335. The van der Waals surface area contributed by atoms with Crippen LogP contribution in [0.2, 0.25) is 0 Å². The molecule has 0 bridgehead atoms. The van der Waals surface area contributed by atoms with Crippen molar-refractivity contribution in [3.63, 3.8) is 0 Å². The minimum atomic E-state index is -0.334. The van der Waals surface area contributed by atoms with Crippen LogP contribution >= 0.6 is 0 Å². The van der Waals surface area contributed by atoms with Crippen LogP contribution in [-0.2, 0) is 9.59 Å². The second-order valence-corrected chi connectivity index (χ2v) is 6.40. The van der Waals surface area contributed by atoms with Gasteiger partial charge in [0, 0.05) is 10.8 Å². The molecule has 1 aliphatic carbocycles. The number of hydrogen-bond donors (Lipinski definition) is 0. The van der Waals surface area contributed by atoms with Crippen molar-refractivity contribution in [2.24, 2.45) is 10.8 Å². The monoisotopic (exact) mass is 264 g/mol. The molecule has 1 aliphatic rings. The number of ketones is 2. The van der Waals surface area contributed by atoms with Gasteiger partial charge in [-0.3, -0.25) is 9.59 Å². The summed E-state index contributed by atoms with van der Waals surface area (Å²) in [5.41, 5.74) is -0.669. The zero-order chi connectivity index (χ0) is 14.5.